The van der Waals surface area contributed by atoms with Gasteiger partial charge in [-0.05, 0) is 24.7 Å². The Morgan fingerprint density at radius 2 is 1.75 bits per heavy atom. The van der Waals surface area contributed by atoms with Crippen LogP contribution in [0.5, 0.6) is 0 Å². The first-order chi connectivity index (χ1) is 9.22. The van der Waals surface area contributed by atoms with E-state index in [2.05, 4.69) is 0 Å². The monoisotopic (exact) mass is 288 g/mol. The third kappa shape index (κ3) is 2.60. The Balaban J connectivity index is 3.34. The van der Waals surface area contributed by atoms with E-state index in [-0.39, 0.29) is 0 Å². The van der Waals surface area contributed by atoms with Crippen LogP contribution in [0.1, 0.15) is 40.0 Å². The Labute approximate surface area is 119 Å². The van der Waals surface area contributed by atoms with Crippen LogP contribution in [0.2, 0.25) is 0 Å². The van der Waals surface area contributed by atoms with Crippen molar-refractivity contribution in [2.45, 2.75) is 45.6 Å². The molecule has 1 saturated heterocycles. The average Bonchev–Trinajstić information content (AvgIpc) is 2.38. The van der Waals surface area contributed by atoms with Crippen molar-refractivity contribution < 1.29 is 24.4 Å². The summed E-state index contributed by atoms with van der Waals surface area (Å²) >= 11 is 0. The highest BCUT2D eigenvalue weighted by molar-refractivity contribution is 5.89. The van der Waals surface area contributed by atoms with E-state index in [1.54, 1.807) is 0 Å². The molecule has 20 heavy (non-hydrogen) atoms. The molecule has 7 heteroatoms. The molecule has 116 valence electrons. The number of hydroxylamine groups is 2. The minimum Gasteiger partial charge on any atom is -0.465 e. The van der Waals surface area contributed by atoms with Crippen LogP contribution >= 0.6 is 0 Å². The van der Waals surface area contributed by atoms with Crippen LogP contribution in [0, 0.1) is 5.41 Å². The molecule has 1 aliphatic heterocycles. The van der Waals surface area contributed by atoms with E-state index in [1.165, 1.54) is 19.1 Å². The lowest BCUT2D eigenvalue weighted by Gasteiger charge is -2.52. The van der Waals surface area contributed by atoms with E-state index in [9.17, 15) is 14.7 Å². The zero-order chi connectivity index (χ0) is 15.6. The second-order valence-electron chi connectivity index (χ2n) is 5.93. The maximum atomic E-state index is 12.8. The molecule has 0 saturated carbocycles. The van der Waals surface area contributed by atoms with Gasteiger partial charge in [-0.1, -0.05) is 26.0 Å². The summed E-state index contributed by atoms with van der Waals surface area (Å²) in [5.74, 6) is -0.489. The van der Waals surface area contributed by atoms with Gasteiger partial charge in [0.1, 0.15) is 5.54 Å². The molecular formula is C13H24N2O5. The summed E-state index contributed by atoms with van der Waals surface area (Å²) in [7, 11) is 2.62. The van der Waals surface area contributed by atoms with Gasteiger partial charge in [-0.2, -0.15) is 0 Å². The number of piperidine rings is 1. The number of amides is 2. The normalized spacial score (nSPS) is 23.6. The van der Waals surface area contributed by atoms with Crippen molar-refractivity contribution in [3.05, 3.63) is 0 Å². The first kappa shape index (κ1) is 16.7. The summed E-state index contributed by atoms with van der Waals surface area (Å²) in [5, 5.41) is 10.2. The molecule has 0 bridgehead atoms. The summed E-state index contributed by atoms with van der Waals surface area (Å²) in [4.78, 5) is 35.4. The van der Waals surface area contributed by atoms with Crippen LogP contribution in [-0.4, -0.2) is 53.5 Å². The Morgan fingerprint density at radius 1 is 1.20 bits per heavy atom. The van der Waals surface area contributed by atoms with E-state index in [0.29, 0.717) is 13.0 Å². The Bertz CT molecular complexity index is 375. The van der Waals surface area contributed by atoms with Crippen molar-refractivity contribution >= 4 is 12.0 Å². The van der Waals surface area contributed by atoms with Gasteiger partial charge in [-0.15, -0.1) is 0 Å². The molecule has 1 N–H and O–H groups in total. The average molecular weight is 288 g/mol. The van der Waals surface area contributed by atoms with Crippen molar-refractivity contribution in [1.29, 1.82) is 0 Å². The number of hydrogen-bond donors (Lipinski definition) is 1. The maximum absolute atomic E-state index is 12.8. The molecule has 1 fully saturated rings. The molecule has 0 aromatic heterocycles. The predicted octanol–water partition coefficient (Wildman–Crippen LogP) is 1.89. The lowest BCUT2D eigenvalue weighted by Crippen LogP contribution is -2.68. The number of nitrogens with zero attached hydrogens (tertiary/aromatic N) is 2. The van der Waals surface area contributed by atoms with Crippen molar-refractivity contribution in [2.75, 3.05) is 20.8 Å². The van der Waals surface area contributed by atoms with Crippen LogP contribution in [0.3, 0.4) is 0 Å². The van der Waals surface area contributed by atoms with Gasteiger partial charge in [-0.25, -0.2) is 14.5 Å². The summed E-state index contributed by atoms with van der Waals surface area (Å²) in [6.07, 6.45) is 0.885. The zero-order valence-electron chi connectivity index (χ0n) is 12.8. The molecule has 0 aromatic rings. The lowest BCUT2D eigenvalue weighted by atomic mass is 9.67. The molecule has 1 rings (SSSR count). The molecule has 1 aliphatic rings. The molecule has 0 spiro atoms. The fourth-order valence-electron chi connectivity index (χ4n) is 2.95. The van der Waals surface area contributed by atoms with Crippen molar-refractivity contribution in [2.24, 2.45) is 5.41 Å². The summed E-state index contributed by atoms with van der Waals surface area (Å²) in [6.45, 7) is 5.90. The largest absolute Gasteiger partial charge is 0.465 e. The van der Waals surface area contributed by atoms with Crippen LogP contribution in [-0.2, 0) is 14.5 Å². The second kappa shape index (κ2) is 5.97. The predicted molar refractivity (Wildman–Crippen MR) is 71.6 cm³/mol. The molecule has 0 radical (unpaired) electrons. The number of likely N-dealkylation sites (tertiary alicyclic amines) is 1. The first-order valence-corrected chi connectivity index (χ1v) is 6.65. The standard InChI is InChI=1S/C13H24N2O5/c1-12(2,3)13(10(16)15(19-4)20-5)8-6-7-9-14(13)11(17)18/h6-9H2,1-5H3,(H,17,18). The van der Waals surface area contributed by atoms with Crippen LogP contribution in [0.4, 0.5) is 4.79 Å². The Kier molecular flexibility index (Phi) is 4.99. The van der Waals surface area contributed by atoms with E-state index in [4.69, 9.17) is 9.68 Å². The molecule has 1 atom stereocenters. The van der Waals surface area contributed by atoms with Gasteiger partial charge in [0.05, 0.1) is 14.2 Å². The van der Waals surface area contributed by atoms with E-state index in [1.807, 2.05) is 20.8 Å². The number of carbonyl (C=O) groups excluding carboxylic acids is 1. The molecule has 1 unspecified atom stereocenters. The fraction of sp³-hybridized carbons (Fsp3) is 0.846. The topological polar surface area (TPSA) is 79.3 Å². The third-order valence-electron chi connectivity index (χ3n) is 3.95. The van der Waals surface area contributed by atoms with Gasteiger partial charge in [0.25, 0.3) is 5.91 Å². The number of carboxylic acid groups (broad SMARTS) is 1. The van der Waals surface area contributed by atoms with Crippen molar-refractivity contribution in [3.8, 4) is 0 Å². The minimum absolute atomic E-state index is 0.333. The molecule has 0 aliphatic carbocycles. The van der Waals surface area contributed by atoms with Gasteiger partial charge in [0.15, 0.2) is 0 Å². The highest BCUT2D eigenvalue weighted by atomic mass is 16.9. The van der Waals surface area contributed by atoms with Gasteiger partial charge in [0.2, 0.25) is 0 Å². The summed E-state index contributed by atoms with van der Waals surface area (Å²) in [5.41, 5.74) is -1.78. The number of rotatable bonds is 3. The van der Waals surface area contributed by atoms with E-state index in [0.717, 1.165) is 18.1 Å². The highest BCUT2D eigenvalue weighted by Gasteiger charge is 2.57. The third-order valence-corrected chi connectivity index (χ3v) is 3.95. The summed E-state index contributed by atoms with van der Waals surface area (Å²) in [6, 6.07) is 0. The minimum atomic E-state index is -1.19. The Morgan fingerprint density at radius 3 is 2.15 bits per heavy atom. The molecule has 0 aromatic carbocycles. The summed E-state index contributed by atoms with van der Waals surface area (Å²) < 4.78 is 0. The molecule has 7 nitrogen and oxygen atoms in total. The smallest absolute Gasteiger partial charge is 0.408 e. The molecule has 2 amide bonds. The molecule has 1 heterocycles. The van der Waals surface area contributed by atoms with Crippen molar-refractivity contribution in [1.82, 2.24) is 10.1 Å². The van der Waals surface area contributed by atoms with Gasteiger partial charge >= 0.3 is 6.09 Å². The molecular weight excluding hydrogens is 264 g/mol. The van der Waals surface area contributed by atoms with Crippen molar-refractivity contribution in [3.63, 3.8) is 0 Å². The maximum Gasteiger partial charge on any atom is 0.408 e. The SMILES string of the molecule is CON(OC)C(=O)C1(C(C)(C)C)CCCCN1C(=O)O. The van der Waals surface area contributed by atoms with E-state index >= 15 is 0 Å². The first-order valence-electron chi connectivity index (χ1n) is 6.65. The van der Waals surface area contributed by atoms with Crippen LogP contribution in [0.25, 0.3) is 0 Å². The van der Waals surface area contributed by atoms with Gasteiger partial charge in [0, 0.05) is 6.54 Å². The van der Waals surface area contributed by atoms with Crippen LogP contribution < -0.4 is 0 Å². The van der Waals surface area contributed by atoms with E-state index < -0.39 is 23.0 Å². The second-order valence-corrected chi connectivity index (χ2v) is 5.93. The zero-order valence-corrected chi connectivity index (χ0v) is 12.8. The van der Waals surface area contributed by atoms with Gasteiger partial charge < -0.3 is 5.11 Å². The fourth-order valence-corrected chi connectivity index (χ4v) is 2.95. The lowest BCUT2D eigenvalue weighted by molar-refractivity contribution is -0.326. The quantitative estimate of drug-likeness (QED) is 0.802. The highest BCUT2D eigenvalue weighted by Crippen LogP contribution is 2.44. The number of hydrogen-bond acceptors (Lipinski definition) is 4. The Hall–Kier alpha value is -1.34. The number of carbonyl (C=O) groups is 2. The van der Waals surface area contributed by atoms with Gasteiger partial charge in [-0.3, -0.25) is 9.69 Å². The van der Waals surface area contributed by atoms with Crippen LogP contribution in [0.15, 0.2) is 0 Å².